The lowest BCUT2D eigenvalue weighted by Crippen LogP contribution is -2.23. The minimum atomic E-state index is -0.681. The molecule has 1 atom stereocenters. The number of halogens is 1. The molecule has 0 bridgehead atoms. The van der Waals surface area contributed by atoms with Gasteiger partial charge in [-0.3, -0.25) is 0 Å². The molecule has 2 nitrogen and oxygen atoms in total. The lowest BCUT2D eigenvalue weighted by Gasteiger charge is -2.24. The molecule has 2 aromatic rings. The Kier molecular flexibility index (Phi) is 4.74. The van der Waals surface area contributed by atoms with E-state index in [1.807, 2.05) is 30.1 Å². The standard InChI is InChI=1S/C17H20FNO/c1-13(20)15-9-6-10-16(18)17(15)19(2)12-11-14-7-4-3-5-8-14/h3-10,13,20H,11-12H2,1-2H3/t13-/m0/s1. The molecule has 0 saturated heterocycles. The molecule has 3 heteroatoms. The zero-order valence-electron chi connectivity index (χ0n) is 11.9. The van der Waals surface area contributed by atoms with E-state index in [2.05, 4.69) is 12.1 Å². The molecule has 0 heterocycles. The highest BCUT2D eigenvalue weighted by atomic mass is 19.1. The highest BCUT2D eigenvalue weighted by Crippen LogP contribution is 2.28. The Bertz CT molecular complexity index is 554. The van der Waals surface area contributed by atoms with E-state index in [0.717, 1.165) is 6.42 Å². The van der Waals surface area contributed by atoms with Crippen molar-refractivity contribution in [1.29, 1.82) is 0 Å². The van der Waals surface area contributed by atoms with Crippen molar-refractivity contribution in [3.63, 3.8) is 0 Å². The average Bonchev–Trinajstić information content (AvgIpc) is 2.45. The van der Waals surface area contributed by atoms with Gasteiger partial charge in [0, 0.05) is 19.2 Å². The molecule has 0 fully saturated rings. The van der Waals surface area contributed by atoms with Gasteiger partial charge in [0.05, 0.1) is 11.8 Å². The first kappa shape index (κ1) is 14.5. The third kappa shape index (κ3) is 3.36. The molecule has 0 radical (unpaired) electrons. The van der Waals surface area contributed by atoms with E-state index in [1.165, 1.54) is 11.6 Å². The van der Waals surface area contributed by atoms with Gasteiger partial charge in [0.15, 0.2) is 0 Å². The van der Waals surface area contributed by atoms with Crippen LogP contribution in [0.4, 0.5) is 10.1 Å². The zero-order chi connectivity index (χ0) is 14.5. The van der Waals surface area contributed by atoms with E-state index in [4.69, 9.17) is 0 Å². The summed E-state index contributed by atoms with van der Waals surface area (Å²) in [4.78, 5) is 1.87. The molecule has 0 saturated carbocycles. The van der Waals surface area contributed by atoms with Gasteiger partial charge in [-0.25, -0.2) is 4.39 Å². The van der Waals surface area contributed by atoms with Crippen LogP contribution in [0.5, 0.6) is 0 Å². The lowest BCUT2D eigenvalue weighted by molar-refractivity contribution is 0.199. The molecule has 2 aromatic carbocycles. The molecule has 106 valence electrons. The van der Waals surface area contributed by atoms with Gasteiger partial charge in [0.25, 0.3) is 0 Å². The predicted molar refractivity (Wildman–Crippen MR) is 80.4 cm³/mol. The number of benzene rings is 2. The SMILES string of the molecule is C[C@H](O)c1cccc(F)c1N(C)CCc1ccccc1. The Morgan fingerprint density at radius 2 is 1.80 bits per heavy atom. The quantitative estimate of drug-likeness (QED) is 0.900. The van der Waals surface area contributed by atoms with E-state index in [9.17, 15) is 9.50 Å². The fraction of sp³-hybridized carbons (Fsp3) is 0.294. The summed E-state index contributed by atoms with van der Waals surface area (Å²) in [6.07, 6.45) is 0.158. The van der Waals surface area contributed by atoms with Gasteiger partial charge in [-0.2, -0.15) is 0 Å². The van der Waals surface area contributed by atoms with Crippen LogP contribution in [0.1, 0.15) is 24.2 Å². The van der Waals surface area contributed by atoms with E-state index < -0.39 is 6.10 Å². The number of rotatable bonds is 5. The summed E-state index contributed by atoms with van der Waals surface area (Å²) in [6.45, 7) is 2.36. The van der Waals surface area contributed by atoms with Crippen molar-refractivity contribution in [2.24, 2.45) is 0 Å². The van der Waals surface area contributed by atoms with Gasteiger partial charge in [-0.1, -0.05) is 42.5 Å². The summed E-state index contributed by atoms with van der Waals surface area (Å²) in [7, 11) is 1.85. The van der Waals surface area contributed by atoms with Crippen molar-refractivity contribution in [2.75, 3.05) is 18.5 Å². The molecule has 0 aliphatic rings. The van der Waals surface area contributed by atoms with Crippen molar-refractivity contribution in [1.82, 2.24) is 0 Å². The summed E-state index contributed by atoms with van der Waals surface area (Å²) < 4.78 is 14.0. The van der Waals surface area contributed by atoms with Gasteiger partial charge in [0.2, 0.25) is 0 Å². The number of para-hydroxylation sites is 1. The third-order valence-electron chi connectivity index (χ3n) is 3.43. The molecule has 0 spiro atoms. The van der Waals surface area contributed by atoms with Crippen LogP contribution in [0.15, 0.2) is 48.5 Å². The topological polar surface area (TPSA) is 23.5 Å². The van der Waals surface area contributed by atoms with Crippen molar-refractivity contribution < 1.29 is 9.50 Å². The van der Waals surface area contributed by atoms with E-state index >= 15 is 0 Å². The van der Waals surface area contributed by atoms with Crippen LogP contribution >= 0.6 is 0 Å². The molecule has 0 aromatic heterocycles. The summed E-state index contributed by atoms with van der Waals surface area (Å²) >= 11 is 0. The minimum Gasteiger partial charge on any atom is -0.389 e. The lowest BCUT2D eigenvalue weighted by atomic mass is 10.1. The van der Waals surface area contributed by atoms with Crippen molar-refractivity contribution >= 4 is 5.69 Å². The molecule has 2 rings (SSSR count). The third-order valence-corrected chi connectivity index (χ3v) is 3.43. The van der Waals surface area contributed by atoms with Crippen LogP contribution in [0, 0.1) is 5.82 Å². The summed E-state index contributed by atoms with van der Waals surface area (Å²) in [5.74, 6) is -0.293. The molecule has 1 N–H and O–H groups in total. The van der Waals surface area contributed by atoms with E-state index in [1.54, 1.807) is 19.1 Å². The first-order chi connectivity index (χ1) is 9.59. The maximum absolute atomic E-state index is 14.0. The first-order valence-corrected chi connectivity index (χ1v) is 6.81. The molecule has 0 amide bonds. The smallest absolute Gasteiger partial charge is 0.146 e. The molecular formula is C17H20FNO. The van der Waals surface area contributed by atoms with Crippen molar-refractivity contribution in [2.45, 2.75) is 19.4 Å². The Balaban J connectivity index is 2.15. The number of aliphatic hydroxyl groups is 1. The number of aliphatic hydroxyl groups excluding tert-OH is 1. The predicted octanol–water partition coefficient (Wildman–Crippen LogP) is 3.56. The van der Waals surface area contributed by atoms with E-state index in [0.29, 0.717) is 17.8 Å². The fourth-order valence-electron chi connectivity index (χ4n) is 2.33. The summed E-state index contributed by atoms with van der Waals surface area (Å²) in [6, 6.07) is 14.9. The Labute approximate surface area is 119 Å². The maximum atomic E-state index is 14.0. The Morgan fingerprint density at radius 3 is 2.45 bits per heavy atom. The van der Waals surface area contributed by atoms with Crippen LogP contribution in [0.2, 0.25) is 0 Å². The molecule has 0 aliphatic heterocycles. The Morgan fingerprint density at radius 1 is 1.10 bits per heavy atom. The largest absolute Gasteiger partial charge is 0.389 e. The molecule has 20 heavy (non-hydrogen) atoms. The van der Waals surface area contributed by atoms with Crippen LogP contribution in [-0.2, 0) is 6.42 Å². The zero-order valence-corrected chi connectivity index (χ0v) is 11.9. The summed E-state index contributed by atoms with van der Waals surface area (Å²) in [5, 5.41) is 9.77. The normalized spacial score (nSPS) is 12.2. The highest BCUT2D eigenvalue weighted by molar-refractivity contribution is 5.55. The van der Waals surface area contributed by atoms with Crippen LogP contribution < -0.4 is 4.90 Å². The van der Waals surface area contributed by atoms with Gasteiger partial charge in [-0.05, 0) is 25.0 Å². The van der Waals surface area contributed by atoms with Crippen molar-refractivity contribution in [3.8, 4) is 0 Å². The number of hydrogen-bond donors (Lipinski definition) is 1. The number of nitrogens with zero attached hydrogens (tertiary/aromatic N) is 1. The number of hydrogen-bond acceptors (Lipinski definition) is 2. The monoisotopic (exact) mass is 273 g/mol. The second-order valence-electron chi connectivity index (χ2n) is 5.01. The van der Waals surface area contributed by atoms with Gasteiger partial charge in [-0.15, -0.1) is 0 Å². The Hall–Kier alpha value is -1.87. The molecule has 0 unspecified atom stereocenters. The second-order valence-corrected chi connectivity index (χ2v) is 5.01. The average molecular weight is 273 g/mol. The van der Waals surface area contributed by atoms with Gasteiger partial charge in [0.1, 0.15) is 5.82 Å². The van der Waals surface area contributed by atoms with Crippen LogP contribution in [0.3, 0.4) is 0 Å². The van der Waals surface area contributed by atoms with Crippen LogP contribution in [0.25, 0.3) is 0 Å². The number of likely N-dealkylation sites (N-methyl/N-ethyl adjacent to an activating group) is 1. The second kappa shape index (κ2) is 6.53. The van der Waals surface area contributed by atoms with E-state index in [-0.39, 0.29) is 5.82 Å². The van der Waals surface area contributed by atoms with Gasteiger partial charge < -0.3 is 10.0 Å². The molecular weight excluding hydrogens is 253 g/mol. The maximum Gasteiger partial charge on any atom is 0.146 e. The van der Waals surface area contributed by atoms with Gasteiger partial charge >= 0.3 is 0 Å². The van der Waals surface area contributed by atoms with Crippen LogP contribution in [-0.4, -0.2) is 18.7 Å². The highest BCUT2D eigenvalue weighted by Gasteiger charge is 2.15. The molecule has 0 aliphatic carbocycles. The fourth-order valence-corrected chi connectivity index (χ4v) is 2.33. The first-order valence-electron chi connectivity index (χ1n) is 6.81. The number of anilines is 1. The summed E-state index contributed by atoms with van der Waals surface area (Å²) in [5.41, 5.74) is 2.33. The minimum absolute atomic E-state index is 0.293. The van der Waals surface area contributed by atoms with Crippen molar-refractivity contribution in [3.05, 3.63) is 65.5 Å².